The van der Waals surface area contributed by atoms with Crippen LogP contribution in [0.15, 0.2) is 32.4 Å². The molecule has 0 saturated heterocycles. The van der Waals surface area contributed by atoms with Crippen molar-refractivity contribution in [3.63, 3.8) is 0 Å². The maximum absolute atomic E-state index is 11.3. The summed E-state index contributed by atoms with van der Waals surface area (Å²) >= 11 is 5.25. The number of carbonyl (C=O) groups is 1. The van der Waals surface area contributed by atoms with Gasteiger partial charge in [-0.1, -0.05) is 45.1 Å². The molecule has 0 aromatic heterocycles. The van der Waals surface area contributed by atoms with Gasteiger partial charge in [-0.05, 0) is 22.7 Å². The fraction of sp³-hybridized carbons (Fsp3) is 0.222. The van der Waals surface area contributed by atoms with Crippen LogP contribution >= 0.6 is 38.5 Å². The molecule has 0 aliphatic carbocycles. The summed E-state index contributed by atoms with van der Waals surface area (Å²) in [5.41, 5.74) is 1.54. The number of hydrogen-bond acceptors (Lipinski definition) is 1. The number of amides is 1. The SMILES string of the molecule is C=C(Br)/C=C(C)/C(=C/I)C(=O)NC. The average molecular weight is 356 g/mol. The van der Waals surface area contributed by atoms with Crippen molar-refractivity contribution in [2.24, 2.45) is 0 Å². The lowest BCUT2D eigenvalue weighted by Gasteiger charge is -2.04. The molecule has 0 aromatic rings. The van der Waals surface area contributed by atoms with Gasteiger partial charge in [0.15, 0.2) is 0 Å². The molecule has 4 heteroatoms. The molecule has 0 aliphatic rings. The Morgan fingerprint density at radius 2 is 2.15 bits per heavy atom. The Morgan fingerprint density at radius 1 is 1.62 bits per heavy atom. The minimum atomic E-state index is -0.0862. The van der Waals surface area contributed by atoms with E-state index in [9.17, 15) is 4.79 Å². The van der Waals surface area contributed by atoms with E-state index in [1.54, 1.807) is 17.2 Å². The van der Waals surface area contributed by atoms with Crippen molar-refractivity contribution >= 4 is 44.4 Å². The number of halogens is 2. The summed E-state index contributed by atoms with van der Waals surface area (Å²) in [6.07, 6.45) is 1.81. The van der Waals surface area contributed by atoms with Crippen molar-refractivity contribution in [1.29, 1.82) is 0 Å². The van der Waals surface area contributed by atoms with Gasteiger partial charge in [0.25, 0.3) is 5.91 Å². The third kappa shape index (κ3) is 4.61. The Morgan fingerprint density at radius 3 is 2.46 bits per heavy atom. The first kappa shape index (κ1) is 12.9. The van der Waals surface area contributed by atoms with Crippen LogP contribution in [-0.2, 0) is 4.79 Å². The summed E-state index contributed by atoms with van der Waals surface area (Å²) in [6.45, 7) is 5.54. The summed E-state index contributed by atoms with van der Waals surface area (Å²) in [6, 6.07) is 0. The second-order valence-electron chi connectivity index (χ2n) is 2.38. The average Bonchev–Trinajstić information content (AvgIpc) is 2.03. The van der Waals surface area contributed by atoms with Gasteiger partial charge in [-0.25, -0.2) is 0 Å². The van der Waals surface area contributed by atoms with Crippen LogP contribution in [-0.4, -0.2) is 13.0 Å². The minimum absolute atomic E-state index is 0.0862. The molecule has 0 aliphatic heterocycles. The van der Waals surface area contributed by atoms with Crippen LogP contribution in [0, 0.1) is 0 Å². The number of hydrogen-bond donors (Lipinski definition) is 1. The van der Waals surface area contributed by atoms with Crippen LogP contribution < -0.4 is 5.32 Å². The molecule has 0 rings (SSSR count). The highest BCUT2D eigenvalue weighted by Crippen LogP contribution is 2.16. The van der Waals surface area contributed by atoms with Gasteiger partial charge >= 0.3 is 0 Å². The molecule has 0 spiro atoms. The van der Waals surface area contributed by atoms with Gasteiger partial charge in [-0.15, -0.1) is 0 Å². The lowest BCUT2D eigenvalue weighted by molar-refractivity contribution is -0.116. The van der Waals surface area contributed by atoms with Crippen molar-refractivity contribution in [3.05, 3.63) is 32.4 Å². The fourth-order valence-corrected chi connectivity index (χ4v) is 1.88. The van der Waals surface area contributed by atoms with Gasteiger partial charge in [-0.2, -0.15) is 0 Å². The molecular weight excluding hydrogens is 345 g/mol. The molecular formula is C9H11BrINO. The number of nitrogens with one attached hydrogen (secondary N) is 1. The van der Waals surface area contributed by atoms with Crippen LogP contribution in [0.3, 0.4) is 0 Å². The third-order valence-electron chi connectivity index (χ3n) is 1.38. The molecule has 0 unspecified atom stereocenters. The van der Waals surface area contributed by atoms with E-state index in [2.05, 4.69) is 27.8 Å². The molecule has 0 heterocycles. The highest BCUT2D eigenvalue weighted by atomic mass is 127. The second kappa shape index (κ2) is 6.37. The molecule has 0 saturated carbocycles. The Labute approximate surface area is 100 Å². The predicted molar refractivity (Wildman–Crippen MR) is 68.0 cm³/mol. The lowest BCUT2D eigenvalue weighted by atomic mass is 10.1. The summed E-state index contributed by atoms with van der Waals surface area (Å²) < 4.78 is 2.50. The van der Waals surface area contributed by atoms with Gasteiger partial charge in [-0.3, -0.25) is 4.79 Å². The minimum Gasteiger partial charge on any atom is -0.355 e. The highest BCUT2D eigenvalue weighted by Gasteiger charge is 2.07. The zero-order valence-corrected chi connectivity index (χ0v) is 11.3. The summed E-state index contributed by atoms with van der Waals surface area (Å²) in [4.78, 5) is 11.3. The number of allylic oxidation sites excluding steroid dienone is 2. The lowest BCUT2D eigenvalue weighted by Crippen LogP contribution is -2.20. The van der Waals surface area contributed by atoms with Gasteiger partial charge < -0.3 is 5.32 Å². The fourth-order valence-electron chi connectivity index (χ4n) is 0.762. The zero-order valence-electron chi connectivity index (χ0n) is 7.53. The van der Waals surface area contributed by atoms with Crippen LogP contribution in [0.2, 0.25) is 0 Å². The van der Waals surface area contributed by atoms with Crippen LogP contribution in [0.1, 0.15) is 6.92 Å². The highest BCUT2D eigenvalue weighted by molar-refractivity contribution is 14.1. The number of likely N-dealkylation sites (N-methyl/N-ethyl adjacent to an activating group) is 1. The van der Waals surface area contributed by atoms with E-state index in [1.165, 1.54) is 0 Å². The molecule has 72 valence electrons. The predicted octanol–water partition coefficient (Wildman–Crippen LogP) is 2.91. The van der Waals surface area contributed by atoms with Crippen molar-refractivity contribution in [1.82, 2.24) is 5.32 Å². The molecule has 1 amide bonds. The van der Waals surface area contributed by atoms with E-state index < -0.39 is 0 Å². The largest absolute Gasteiger partial charge is 0.355 e. The summed E-state index contributed by atoms with van der Waals surface area (Å²) in [5.74, 6) is -0.0862. The van der Waals surface area contributed by atoms with Crippen molar-refractivity contribution in [2.45, 2.75) is 6.92 Å². The van der Waals surface area contributed by atoms with E-state index in [1.807, 2.05) is 29.5 Å². The normalized spacial score (nSPS) is 12.6. The second-order valence-corrected chi connectivity index (χ2v) is 4.02. The molecule has 1 N–H and O–H groups in total. The first-order valence-corrected chi connectivity index (χ1v) is 5.62. The van der Waals surface area contributed by atoms with E-state index in [0.29, 0.717) is 5.57 Å². The molecule has 0 bridgehead atoms. The van der Waals surface area contributed by atoms with E-state index in [0.717, 1.165) is 10.1 Å². The number of carbonyl (C=O) groups excluding carboxylic acids is 1. The Balaban J connectivity index is 4.81. The topological polar surface area (TPSA) is 29.1 Å². The van der Waals surface area contributed by atoms with Crippen LogP contribution in [0.5, 0.6) is 0 Å². The molecule has 2 nitrogen and oxygen atoms in total. The Kier molecular flexibility index (Phi) is 6.32. The van der Waals surface area contributed by atoms with E-state index >= 15 is 0 Å². The monoisotopic (exact) mass is 355 g/mol. The molecule has 13 heavy (non-hydrogen) atoms. The quantitative estimate of drug-likeness (QED) is 0.470. The van der Waals surface area contributed by atoms with Crippen molar-refractivity contribution in [2.75, 3.05) is 7.05 Å². The number of rotatable bonds is 3. The van der Waals surface area contributed by atoms with Crippen LogP contribution in [0.4, 0.5) is 0 Å². The van der Waals surface area contributed by atoms with Gasteiger partial charge in [0, 0.05) is 17.1 Å². The summed E-state index contributed by atoms with van der Waals surface area (Å²) in [5, 5.41) is 2.57. The van der Waals surface area contributed by atoms with E-state index in [-0.39, 0.29) is 5.91 Å². The van der Waals surface area contributed by atoms with Gasteiger partial charge in [0.05, 0.1) is 0 Å². The first-order valence-electron chi connectivity index (χ1n) is 3.58. The van der Waals surface area contributed by atoms with Gasteiger partial charge in [0.2, 0.25) is 0 Å². The molecule has 0 aromatic carbocycles. The maximum Gasteiger partial charge on any atom is 0.251 e. The van der Waals surface area contributed by atoms with Gasteiger partial charge in [0.1, 0.15) is 0 Å². The summed E-state index contributed by atoms with van der Waals surface area (Å²) in [7, 11) is 1.61. The van der Waals surface area contributed by atoms with Crippen molar-refractivity contribution < 1.29 is 4.79 Å². The first-order chi connectivity index (χ1) is 6.02. The van der Waals surface area contributed by atoms with Crippen molar-refractivity contribution in [3.8, 4) is 0 Å². The maximum atomic E-state index is 11.3. The zero-order chi connectivity index (χ0) is 10.4. The van der Waals surface area contributed by atoms with Crippen LogP contribution in [0.25, 0.3) is 0 Å². The third-order valence-corrected chi connectivity index (χ3v) is 2.23. The van der Waals surface area contributed by atoms with E-state index in [4.69, 9.17) is 0 Å². The smallest absolute Gasteiger partial charge is 0.251 e. The molecule has 0 radical (unpaired) electrons. The Hall–Kier alpha value is -0.100. The standard InChI is InChI=1S/C9H11BrINO/c1-6(4-7(2)10)8(5-11)9(13)12-3/h4-5H,2H2,1,3H3,(H,12,13)/b6-4+,8-5-. The molecule has 0 fully saturated rings. The molecule has 0 atom stereocenters. The Bertz CT molecular complexity index is 281.